The summed E-state index contributed by atoms with van der Waals surface area (Å²) < 4.78 is 1.78. The normalized spacial score (nSPS) is 10.8. The monoisotopic (exact) mass is 238 g/mol. The van der Waals surface area contributed by atoms with Crippen LogP contribution in [0.2, 0.25) is 0 Å². The highest BCUT2D eigenvalue weighted by molar-refractivity contribution is 6.58. The van der Waals surface area contributed by atoms with E-state index in [2.05, 4.69) is 5.10 Å². The third-order valence-electron chi connectivity index (χ3n) is 2.89. The van der Waals surface area contributed by atoms with Gasteiger partial charge in [-0.15, -0.1) is 0 Å². The Hall–Kier alpha value is -2.11. The average molecular weight is 238 g/mol. The second-order valence-electron chi connectivity index (χ2n) is 4.08. The maximum Gasteiger partial charge on any atom is 0.488 e. The van der Waals surface area contributed by atoms with Crippen molar-refractivity contribution >= 4 is 23.5 Å². The zero-order valence-electron chi connectivity index (χ0n) is 9.56. The van der Waals surface area contributed by atoms with Gasteiger partial charge in [0.2, 0.25) is 0 Å². The Morgan fingerprint density at radius 2 is 1.78 bits per heavy atom. The quantitative estimate of drug-likeness (QED) is 0.646. The van der Waals surface area contributed by atoms with Gasteiger partial charge in [0.15, 0.2) is 0 Å². The fourth-order valence-electron chi connectivity index (χ4n) is 1.97. The first-order chi connectivity index (χ1) is 8.75. The molecule has 3 rings (SSSR count). The van der Waals surface area contributed by atoms with Gasteiger partial charge in [-0.05, 0) is 23.7 Å². The van der Waals surface area contributed by atoms with E-state index in [0.717, 1.165) is 16.6 Å². The summed E-state index contributed by atoms with van der Waals surface area (Å²) in [6, 6.07) is 15.0. The van der Waals surface area contributed by atoms with E-state index in [0.29, 0.717) is 5.46 Å². The van der Waals surface area contributed by atoms with Crippen molar-refractivity contribution in [2.24, 2.45) is 0 Å². The summed E-state index contributed by atoms with van der Waals surface area (Å²) in [6.07, 6.45) is 1.76. The molecule has 0 aliphatic rings. The summed E-state index contributed by atoms with van der Waals surface area (Å²) >= 11 is 0. The highest BCUT2D eigenvalue weighted by atomic mass is 16.4. The molecule has 3 aromatic rings. The molecule has 2 aromatic carbocycles. The summed E-state index contributed by atoms with van der Waals surface area (Å²) in [7, 11) is -1.46. The molecule has 2 N–H and O–H groups in total. The van der Waals surface area contributed by atoms with E-state index in [1.165, 1.54) is 0 Å². The topological polar surface area (TPSA) is 58.3 Å². The average Bonchev–Trinajstić information content (AvgIpc) is 2.82. The van der Waals surface area contributed by atoms with Crippen LogP contribution in [-0.2, 0) is 0 Å². The van der Waals surface area contributed by atoms with Crippen LogP contribution in [0.15, 0.2) is 54.7 Å². The van der Waals surface area contributed by atoms with Gasteiger partial charge in [0.25, 0.3) is 0 Å². The summed E-state index contributed by atoms with van der Waals surface area (Å²) in [6.45, 7) is 0. The lowest BCUT2D eigenvalue weighted by Crippen LogP contribution is -2.29. The van der Waals surface area contributed by atoms with E-state index in [-0.39, 0.29) is 0 Å². The van der Waals surface area contributed by atoms with Crippen LogP contribution in [0.1, 0.15) is 0 Å². The molecule has 0 unspecified atom stereocenters. The third kappa shape index (κ3) is 1.79. The first kappa shape index (κ1) is 11.0. The number of nitrogens with zero attached hydrogens (tertiary/aromatic N) is 2. The number of benzene rings is 2. The second-order valence-corrected chi connectivity index (χ2v) is 4.08. The maximum absolute atomic E-state index is 9.21. The lowest BCUT2D eigenvalue weighted by atomic mass is 9.80. The largest absolute Gasteiger partial charge is 0.488 e. The van der Waals surface area contributed by atoms with Crippen molar-refractivity contribution in [1.82, 2.24) is 9.78 Å². The van der Waals surface area contributed by atoms with Gasteiger partial charge in [-0.25, -0.2) is 4.68 Å². The SMILES string of the molecule is OB(O)c1ccc2cnn(-c3ccccc3)c2c1. The van der Waals surface area contributed by atoms with E-state index >= 15 is 0 Å². The fourth-order valence-corrected chi connectivity index (χ4v) is 1.97. The Bertz CT molecular complexity index is 680. The third-order valence-corrected chi connectivity index (χ3v) is 2.89. The minimum Gasteiger partial charge on any atom is -0.423 e. The Labute approximate surface area is 104 Å². The molecular formula is C13H11BN2O2. The molecular weight excluding hydrogens is 227 g/mol. The van der Waals surface area contributed by atoms with Gasteiger partial charge in [0, 0.05) is 5.39 Å². The Morgan fingerprint density at radius 1 is 1.00 bits per heavy atom. The molecule has 88 valence electrons. The molecule has 5 heteroatoms. The van der Waals surface area contributed by atoms with Gasteiger partial charge >= 0.3 is 7.12 Å². The van der Waals surface area contributed by atoms with Crippen molar-refractivity contribution in [2.75, 3.05) is 0 Å². The van der Waals surface area contributed by atoms with Crippen LogP contribution in [-0.4, -0.2) is 26.9 Å². The van der Waals surface area contributed by atoms with E-state index < -0.39 is 7.12 Å². The number of rotatable bonds is 2. The van der Waals surface area contributed by atoms with Gasteiger partial charge in [0.1, 0.15) is 0 Å². The van der Waals surface area contributed by atoms with Gasteiger partial charge in [-0.3, -0.25) is 0 Å². The highest BCUT2D eigenvalue weighted by Gasteiger charge is 2.13. The van der Waals surface area contributed by atoms with E-state index in [4.69, 9.17) is 0 Å². The van der Waals surface area contributed by atoms with Crippen LogP contribution < -0.4 is 5.46 Å². The summed E-state index contributed by atoms with van der Waals surface area (Å²) in [4.78, 5) is 0. The summed E-state index contributed by atoms with van der Waals surface area (Å²) in [5.41, 5.74) is 2.25. The van der Waals surface area contributed by atoms with Crippen LogP contribution in [0.4, 0.5) is 0 Å². The van der Waals surface area contributed by atoms with E-state index in [1.807, 2.05) is 36.4 Å². The predicted octanol–water partition coefficient (Wildman–Crippen LogP) is 0.705. The van der Waals surface area contributed by atoms with Crippen molar-refractivity contribution in [3.8, 4) is 5.69 Å². The Balaban J connectivity index is 2.21. The van der Waals surface area contributed by atoms with Gasteiger partial charge in [0.05, 0.1) is 17.4 Å². The first-order valence-electron chi connectivity index (χ1n) is 5.65. The number of para-hydroxylation sites is 1. The minimum absolute atomic E-state index is 0.459. The van der Waals surface area contributed by atoms with Crippen LogP contribution in [0, 0.1) is 0 Å². The first-order valence-corrected chi connectivity index (χ1v) is 5.65. The van der Waals surface area contributed by atoms with Crippen molar-refractivity contribution in [2.45, 2.75) is 0 Å². The lowest BCUT2D eigenvalue weighted by molar-refractivity contribution is 0.426. The Morgan fingerprint density at radius 3 is 2.50 bits per heavy atom. The van der Waals surface area contributed by atoms with Crippen LogP contribution in [0.3, 0.4) is 0 Å². The number of hydrogen-bond donors (Lipinski definition) is 2. The number of hydrogen-bond acceptors (Lipinski definition) is 3. The van der Waals surface area contributed by atoms with E-state index in [9.17, 15) is 10.0 Å². The fraction of sp³-hybridized carbons (Fsp3) is 0. The molecule has 0 atom stereocenters. The van der Waals surface area contributed by atoms with Crippen molar-refractivity contribution in [3.05, 3.63) is 54.7 Å². The molecule has 0 aliphatic carbocycles. The molecule has 0 fully saturated rings. The minimum atomic E-state index is -1.46. The van der Waals surface area contributed by atoms with Crippen LogP contribution >= 0.6 is 0 Å². The van der Waals surface area contributed by atoms with Gasteiger partial charge in [-0.1, -0.05) is 30.3 Å². The molecule has 0 saturated heterocycles. The van der Waals surface area contributed by atoms with Crippen molar-refractivity contribution in [1.29, 1.82) is 0 Å². The molecule has 18 heavy (non-hydrogen) atoms. The molecule has 0 saturated carbocycles. The standard InChI is InChI=1S/C13H11BN2O2/c17-14(18)11-7-6-10-9-15-16(13(10)8-11)12-4-2-1-3-5-12/h1-9,17-18H. The van der Waals surface area contributed by atoms with Crippen molar-refractivity contribution in [3.63, 3.8) is 0 Å². The van der Waals surface area contributed by atoms with Gasteiger partial charge in [-0.2, -0.15) is 5.10 Å². The van der Waals surface area contributed by atoms with Crippen LogP contribution in [0.25, 0.3) is 16.6 Å². The maximum atomic E-state index is 9.21. The molecule has 1 heterocycles. The molecule has 4 nitrogen and oxygen atoms in total. The Kier molecular flexibility index (Phi) is 2.62. The predicted molar refractivity (Wildman–Crippen MR) is 70.9 cm³/mol. The number of fused-ring (bicyclic) bond motifs is 1. The lowest BCUT2D eigenvalue weighted by Gasteiger charge is -2.04. The summed E-state index contributed by atoms with van der Waals surface area (Å²) in [5, 5.41) is 23.7. The van der Waals surface area contributed by atoms with Crippen LogP contribution in [0.5, 0.6) is 0 Å². The zero-order valence-corrected chi connectivity index (χ0v) is 9.56. The molecule has 0 amide bonds. The molecule has 0 aliphatic heterocycles. The van der Waals surface area contributed by atoms with Crippen molar-refractivity contribution < 1.29 is 10.0 Å². The smallest absolute Gasteiger partial charge is 0.423 e. The molecule has 1 aromatic heterocycles. The van der Waals surface area contributed by atoms with E-state index in [1.54, 1.807) is 23.0 Å². The summed E-state index contributed by atoms with van der Waals surface area (Å²) in [5.74, 6) is 0. The number of aromatic nitrogens is 2. The molecule has 0 radical (unpaired) electrons. The van der Waals surface area contributed by atoms with Gasteiger partial charge < -0.3 is 10.0 Å². The second kappa shape index (κ2) is 4.29. The zero-order chi connectivity index (χ0) is 12.5. The molecule has 0 bridgehead atoms. The highest BCUT2D eigenvalue weighted by Crippen LogP contribution is 2.16. The molecule has 0 spiro atoms.